The van der Waals surface area contributed by atoms with Crippen molar-refractivity contribution in [2.75, 3.05) is 43.1 Å². The van der Waals surface area contributed by atoms with E-state index in [0.717, 1.165) is 16.8 Å². The molecule has 0 aromatic heterocycles. The van der Waals surface area contributed by atoms with Gasteiger partial charge in [-0.05, 0) is 53.6 Å². The smallest absolute Gasteiger partial charge is 0.148 e. The lowest BCUT2D eigenvalue weighted by Crippen LogP contribution is -2.50. The number of benzene rings is 3. The zero-order valence-corrected chi connectivity index (χ0v) is 22.3. The highest BCUT2D eigenvalue weighted by Crippen LogP contribution is 2.37. The predicted molar refractivity (Wildman–Crippen MR) is 143 cm³/mol. The van der Waals surface area contributed by atoms with Crippen molar-refractivity contribution in [3.05, 3.63) is 98.7 Å². The molecule has 4 nitrogen and oxygen atoms in total. The Morgan fingerprint density at radius 3 is 2.23 bits per heavy atom. The molecule has 4 rings (SSSR count). The summed E-state index contributed by atoms with van der Waals surface area (Å²) >= 11 is 18.8. The Bertz CT molecular complexity index is 1270. The molecule has 1 saturated heterocycles. The predicted octanol–water partition coefficient (Wildman–Crippen LogP) is 6.48. The molecule has 1 aliphatic rings. The molecule has 1 fully saturated rings. The van der Waals surface area contributed by atoms with Crippen molar-refractivity contribution < 1.29 is 12.8 Å². The van der Waals surface area contributed by atoms with E-state index in [1.54, 1.807) is 18.2 Å². The van der Waals surface area contributed by atoms with Crippen LogP contribution in [-0.2, 0) is 9.84 Å². The second-order valence-corrected chi connectivity index (χ2v) is 12.4. The lowest BCUT2D eigenvalue weighted by atomic mass is 9.97. The summed E-state index contributed by atoms with van der Waals surface area (Å²) in [6.45, 7) is 2.58. The quantitative estimate of drug-likeness (QED) is 0.335. The summed E-state index contributed by atoms with van der Waals surface area (Å²) in [7, 11) is -3.24. The fourth-order valence-electron chi connectivity index (χ4n) is 4.64. The van der Waals surface area contributed by atoms with Crippen molar-refractivity contribution in [1.82, 2.24) is 4.90 Å². The Hall–Kier alpha value is -1.83. The Kier molecular flexibility index (Phi) is 8.29. The van der Waals surface area contributed by atoms with Crippen molar-refractivity contribution >= 4 is 50.3 Å². The minimum atomic E-state index is -3.24. The van der Waals surface area contributed by atoms with E-state index < -0.39 is 9.84 Å². The molecule has 2 atom stereocenters. The van der Waals surface area contributed by atoms with Crippen LogP contribution < -0.4 is 4.90 Å². The number of hydrogen-bond acceptors (Lipinski definition) is 4. The molecule has 0 unspecified atom stereocenters. The number of nitrogens with zero attached hydrogens (tertiary/aromatic N) is 2. The molecular weight excluding hydrogens is 530 g/mol. The van der Waals surface area contributed by atoms with Gasteiger partial charge in [-0.2, -0.15) is 0 Å². The molecule has 0 amide bonds. The van der Waals surface area contributed by atoms with Crippen LogP contribution in [0.2, 0.25) is 15.1 Å². The zero-order valence-electron chi connectivity index (χ0n) is 19.2. The van der Waals surface area contributed by atoms with E-state index in [2.05, 4.69) is 9.80 Å². The second-order valence-electron chi connectivity index (χ2n) is 8.96. The zero-order chi connectivity index (χ0) is 25.2. The van der Waals surface area contributed by atoms with Crippen LogP contribution in [0.1, 0.15) is 23.1 Å². The number of halogens is 4. The van der Waals surface area contributed by atoms with Crippen molar-refractivity contribution in [1.29, 1.82) is 0 Å². The third-order valence-corrected chi connectivity index (χ3v) is 8.06. The third-order valence-electron chi connectivity index (χ3n) is 6.26. The third kappa shape index (κ3) is 6.89. The monoisotopic (exact) mass is 554 g/mol. The molecule has 186 valence electrons. The lowest BCUT2D eigenvalue weighted by Gasteiger charge is -2.44. The first-order chi connectivity index (χ1) is 16.6. The molecule has 3 aromatic carbocycles. The van der Waals surface area contributed by atoms with Gasteiger partial charge in [0.05, 0.1) is 22.5 Å². The maximum Gasteiger partial charge on any atom is 0.148 e. The van der Waals surface area contributed by atoms with Gasteiger partial charge in [0.1, 0.15) is 15.7 Å². The number of rotatable bonds is 7. The van der Waals surface area contributed by atoms with E-state index in [0.29, 0.717) is 41.2 Å². The van der Waals surface area contributed by atoms with E-state index >= 15 is 0 Å². The van der Waals surface area contributed by atoms with Gasteiger partial charge in [-0.3, -0.25) is 4.90 Å². The molecule has 0 saturated carbocycles. The normalized spacial score (nSPS) is 18.0. The first-order valence-corrected chi connectivity index (χ1v) is 14.4. The standard InChI is InChI=1S/C26H26Cl3FN2O2S/c1-35(33,34)17-20(18-4-9-23(30)10-5-18)15-31-12-13-32(25-11-8-22(28)14-24(25)29)26(16-31)19-2-6-21(27)7-3-19/h2-11,14,20,26H,12-13,15-17H2,1H3/t20-,26-/m0/s1. The summed E-state index contributed by atoms with van der Waals surface area (Å²) in [6, 6.07) is 19.3. The summed E-state index contributed by atoms with van der Waals surface area (Å²) in [5.74, 6) is -0.627. The van der Waals surface area contributed by atoms with Crippen LogP contribution in [0.3, 0.4) is 0 Å². The highest BCUT2D eigenvalue weighted by Gasteiger charge is 2.31. The average molecular weight is 556 g/mol. The molecule has 1 aliphatic heterocycles. The Labute approximate surface area is 221 Å². The van der Waals surface area contributed by atoms with Crippen molar-refractivity contribution in [2.45, 2.75) is 12.0 Å². The van der Waals surface area contributed by atoms with Crippen molar-refractivity contribution in [2.24, 2.45) is 0 Å². The molecule has 0 radical (unpaired) electrons. The Morgan fingerprint density at radius 1 is 0.943 bits per heavy atom. The summed E-state index contributed by atoms with van der Waals surface area (Å²) in [5.41, 5.74) is 2.77. The minimum absolute atomic E-state index is 0.00648. The highest BCUT2D eigenvalue weighted by atomic mass is 35.5. The fourth-order valence-corrected chi connectivity index (χ4v) is 6.32. The first-order valence-electron chi connectivity index (χ1n) is 11.2. The molecule has 0 bridgehead atoms. The SMILES string of the molecule is CS(=O)(=O)C[C@H](CN1CCN(c2ccc(Cl)cc2Cl)[C@H](c2ccc(Cl)cc2)C1)c1ccc(F)cc1. The molecule has 1 heterocycles. The van der Waals surface area contributed by atoms with Gasteiger partial charge in [0.25, 0.3) is 0 Å². The minimum Gasteiger partial charge on any atom is -0.361 e. The van der Waals surface area contributed by atoms with Crippen LogP contribution in [0.5, 0.6) is 0 Å². The molecular formula is C26H26Cl3FN2O2S. The van der Waals surface area contributed by atoms with Gasteiger partial charge < -0.3 is 4.90 Å². The number of hydrogen-bond donors (Lipinski definition) is 0. The van der Waals surface area contributed by atoms with Gasteiger partial charge in [-0.1, -0.05) is 59.1 Å². The van der Waals surface area contributed by atoms with Crippen molar-refractivity contribution in [3.8, 4) is 0 Å². The van der Waals surface area contributed by atoms with E-state index in [9.17, 15) is 12.8 Å². The van der Waals surface area contributed by atoms with Gasteiger partial charge in [0.15, 0.2) is 0 Å². The van der Waals surface area contributed by atoms with E-state index in [1.807, 2.05) is 36.4 Å². The van der Waals surface area contributed by atoms with Crippen LogP contribution in [0.15, 0.2) is 66.7 Å². The highest BCUT2D eigenvalue weighted by molar-refractivity contribution is 7.90. The van der Waals surface area contributed by atoms with Crippen LogP contribution in [0, 0.1) is 5.82 Å². The summed E-state index contributed by atoms with van der Waals surface area (Å²) in [6.07, 6.45) is 1.24. The van der Waals surface area contributed by atoms with Crippen LogP contribution >= 0.6 is 34.8 Å². The molecule has 0 spiro atoms. The Morgan fingerprint density at radius 2 is 1.60 bits per heavy atom. The first kappa shape index (κ1) is 26.2. The van der Waals surface area contributed by atoms with E-state index in [-0.39, 0.29) is 23.5 Å². The number of sulfone groups is 1. The molecule has 35 heavy (non-hydrogen) atoms. The van der Waals surface area contributed by atoms with Crippen LogP contribution in [0.4, 0.5) is 10.1 Å². The topological polar surface area (TPSA) is 40.6 Å². The van der Waals surface area contributed by atoms with Crippen LogP contribution in [-0.4, -0.2) is 51.5 Å². The van der Waals surface area contributed by atoms with E-state index in [1.165, 1.54) is 18.4 Å². The number of anilines is 1. The second kappa shape index (κ2) is 11.1. The van der Waals surface area contributed by atoms with Gasteiger partial charge in [0, 0.05) is 48.4 Å². The summed E-state index contributed by atoms with van der Waals surface area (Å²) in [5, 5.41) is 1.80. The van der Waals surface area contributed by atoms with Gasteiger partial charge >= 0.3 is 0 Å². The van der Waals surface area contributed by atoms with Crippen LogP contribution in [0.25, 0.3) is 0 Å². The van der Waals surface area contributed by atoms with Crippen molar-refractivity contribution in [3.63, 3.8) is 0 Å². The van der Waals surface area contributed by atoms with Gasteiger partial charge in [-0.15, -0.1) is 0 Å². The maximum absolute atomic E-state index is 13.5. The summed E-state index contributed by atoms with van der Waals surface area (Å²) < 4.78 is 37.9. The Balaban J connectivity index is 1.63. The average Bonchev–Trinajstić information content (AvgIpc) is 2.79. The molecule has 0 N–H and O–H groups in total. The molecule has 3 aromatic rings. The number of piperazine rings is 1. The lowest BCUT2D eigenvalue weighted by molar-refractivity contribution is 0.214. The van der Waals surface area contributed by atoms with Gasteiger partial charge in [-0.25, -0.2) is 12.8 Å². The summed E-state index contributed by atoms with van der Waals surface area (Å²) in [4.78, 5) is 4.51. The maximum atomic E-state index is 13.5. The largest absolute Gasteiger partial charge is 0.361 e. The molecule has 0 aliphatic carbocycles. The molecule has 9 heteroatoms. The fraction of sp³-hybridized carbons (Fsp3) is 0.308. The van der Waals surface area contributed by atoms with E-state index in [4.69, 9.17) is 34.8 Å². The van der Waals surface area contributed by atoms with Gasteiger partial charge in [0.2, 0.25) is 0 Å².